The van der Waals surface area contributed by atoms with Crippen LogP contribution in [-0.2, 0) is 11.2 Å². The summed E-state index contributed by atoms with van der Waals surface area (Å²) in [7, 11) is 0. The third kappa shape index (κ3) is 2.53. The number of rotatable bonds is 4. The molecule has 0 aromatic heterocycles. The Bertz CT molecular complexity index is 282. The predicted octanol–water partition coefficient (Wildman–Crippen LogP) is 1.36. The largest absolute Gasteiger partial charge is 0.375 e. The molecule has 1 N–H and O–H groups in total. The highest BCUT2D eigenvalue weighted by Gasteiger charge is 2.16. The van der Waals surface area contributed by atoms with Crippen LogP contribution in [0.15, 0.2) is 24.3 Å². The summed E-state index contributed by atoms with van der Waals surface area (Å²) in [6.07, 6.45) is 1.24. The van der Waals surface area contributed by atoms with E-state index in [1.165, 1.54) is 12.1 Å². The normalized spacial score (nSPS) is 16.6. The molecule has 2 rings (SSSR count). The monoisotopic (exact) mass is 195 g/mol. The Kier molecular flexibility index (Phi) is 3.11. The van der Waals surface area contributed by atoms with Crippen molar-refractivity contribution in [2.45, 2.75) is 12.5 Å². The van der Waals surface area contributed by atoms with Crippen molar-refractivity contribution in [3.8, 4) is 0 Å². The zero-order chi connectivity index (χ0) is 9.80. The van der Waals surface area contributed by atoms with Gasteiger partial charge in [0, 0.05) is 13.1 Å². The Morgan fingerprint density at radius 3 is 2.57 bits per heavy atom. The van der Waals surface area contributed by atoms with Gasteiger partial charge in [0.05, 0.1) is 12.7 Å². The summed E-state index contributed by atoms with van der Waals surface area (Å²) in [5, 5.41) is 3.14. The molecule has 0 aliphatic carbocycles. The zero-order valence-corrected chi connectivity index (χ0v) is 8.00. The van der Waals surface area contributed by atoms with Gasteiger partial charge in [-0.05, 0) is 24.1 Å². The average molecular weight is 195 g/mol. The zero-order valence-electron chi connectivity index (χ0n) is 8.00. The summed E-state index contributed by atoms with van der Waals surface area (Å²) in [6, 6.07) is 6.58. The van der Waals surface area contributed by atoms with Gasteiger partial charge >= 0.3 is 0 Å². The van der Waals surface area contributed by atoms with E-state index in [2.05, 4.69) is 5.32 Å². The van der Waals surface area contributed by atoms with Crippen molar-refractivity contribution in [2.75, 3.05) is 19.7 Å². The minimum Gasteiger partial charge on any atom is -0.375 e. The Hall–Kier alpha value is -0.930. The lowest BCUT2D eigenvalue weighted by atomic mass is 10.1. The standard InChI is InChI=1S/C11H14FNO/c12-10-3-1-9(2-4-10)5-6-14-11-7-13-8-11/h1-4,11,13H,5-8H2. The van der Waals surface area contributed by atoms with Gasteiger partial charge in [-0.3, -0.25) is 0 Å². The lowest BCUT2D eigenvalue weighted by Crippen LogP contribution is -2.48. The van der Waals surface area contributed by atoms with Crippen LogP contribution in [0.4, 0.5) is 4.39 Å². The van der Waals surface area contributed by atoms with Gasteiger partial charge in [-0.1, -0.05) is 12.1 Å². The molecule has 3 heteroatoms. The van der Waals surface area contributed by atoms with E-state index in [1.54, 1.807) is 12.1 Å². The van der Waals surface area contributed by atoms with Gasteiger partial charge < -0.3 is 10.1 Å². The highest BCUT2D eigenvalue weighted by atomic mass is 19.1. The number of hydrogen-bond acceptors (Lipinski definition) is 2. The van der Waals surface area contributed by atoms with Crippen LogP contribution in [0.1, 0.15) is 5.56 Å². The fourth-order valence-electron chi connectivity index (χ4n) is 1.37. The van der Waals surface area contributed by atoms with Gasteiger partial charge in [-0.2, -0.15) is 0 Å². The van der Waals surface area contributed by atoms with Crippen molar-refractivity contribution < 1.29 is 9.13 Å². The molecule has 1 aromatic carbocycles. The molecule has 0 saturated carbocycles. The molecule has 1 aliphatic rings. The third-order valence-corrected chi connectivity index (χ3v) is 2.40. The summed E-state index contributed by atoms with van der Waals surface area (Å²) in [5.74, 6) is -0.183. The van der Waals surface area contributed by atoms with Crippen LogP contribution in [0.25, 0.3) is 0 Å². The summed E-state index contributed by atoms with van der Waals surface area (Å²) in [4.78, 5) is 0. The van der Waals surface area contributed by atoms with Crippen LogP contribution < -0.4 is 5.32 Å². The van der Waals surface area contributed by atoms with Gasteiger partial charge in [-0.15, -0.1) is 0 Å². The molecular formula is C11H14FNO. The van der Waals surface area contributed by atoms with Gasteiger partial charge in [0.2, 0.25) is 0 Å². The van der Waals surface area contributed by atoms with Crippen molar-refractivity contribution >= 4 is 0 Å². The SMILES string of the molecule is Fc1ccc(CCOC2CNC2)cc1. The van der Waals surface area contributed by atoms with E-state index in [1.807, 2.05) is 0 Å². The second-order valence-electron chi connectivity index (χ2n) is 3.53. The van der Waals surface area contributed by atoms with Crippen LogP contribution in [0.2, 0.25) is 0 Å². The Labute approximate surface area is 83.1 Å². The van der Waals surface area contributed by atoms with Crippen molar-refractivity contribution in [3.05, 3.63) is 35.6 Å². The van der Waals surface area contributed by atoms with Gasteiger partial charge in [0.15, 0.2) is 0 Å². The van der Waals surface area contributed by atoms with Crippen molar-refractivity contribution in [1.29, 1.82) is 0 Å². The summed E-state index contributed by atoms with van der Waals surface area (Å²) in [5.41, 5.74) is 1.12. The smallest absolute Gasteiger partial charge is 0.123 e. The highest BCUT2D eigenvalue weighted by molar-refractivity contribution is 5.16. The molecule has 0 spiro atoms. The number of benzene rings is 1. The van der Waals surface area contributed by atoms with Crippen molar-refractivity contribution in [3.63, 3.8) is 0 Å². The van der Waals surface area contributed by atoms with E-state index >= 15 is 0 Å². The molecule has 1 heterocycles. The molecule has 14 heavy (non-hydrogen) atoms. The van der Waals surface area contributed by atoms with Crippen LogP contribution in [-0.4, -0.2) is 25.8 Å². The van der Waals surface area contributed by atoms with Crippen LogP contribution in [0.3, 0.4) is 0 Å². The summed E-state index contributed by atoms with van der Waals surface area (Å²) in [6.45, 7) is 2.64. The molecular weight excluding hydrogens is 181 g/mol. The maximum Gasteiger partial charge on any atom is 0.123 e. The first-order valence-corrected chi connectivity index (χ1v) is 4.91. The molecule has 1 saturated heterocycles. The first kappa shape index (κ1) is 9.62. The predicted molar refractivity (Wildman–Crippen MR) is 52.7 cm³/mol. The van der Waals surface area contributed by atoms with E-state index in [0.717, 1.165) is 31.7 Å². The van der Waals surface area contributed by atoms with Crippen LogP contribution in [0, 0.1) is 5.82 Å². The first-order chi connectivity index (χ1) is 6.84. The third-order valence-electron chi connectivity index (χ3n) is 2.40. The molecule has 0 radical (unpaired) electrons. The second kappa shape index (κ2) is 4.53. The number of ether oxygens (including phenoxy) is 1. The Morgan fingerprint density at radius 1 is 1.29 bits per heavy atom. The van der Waals surface area contributed by atoms with E-state index in [4.69, 9.17) is 4.74 Å². The number of halogens is 1. The van der Waals surface area contributed by atoms with E-state index in [0.29, 0.717) is 6.10 Å². The van der Waals surface area contributed by atoms with Crippen LogP contribution in [0.5, 0.6) is 0 Å². The lowest BCUT2D eigenvalue weighted by molar-refractivity contribution is 0.0208. The van der Waals surface area contributed by atoms with Gasteiger partial charge in [0.25, 0.3) is 0 Å². The van der Waals surface area contributed by atoms with E-state index in [9.17, 15) is 4.39 Å². The molecule has 0 unspecified atom stereocenters. The fourth-order valence-corrected chi connectivity index (χ4v) is 1.37. The Morgan fingerprint density at radius 2 is 2.00 bits per heavy atom. The number of nitrogens with one attached hydrogen (secondary N) is 1. The topological polar surface area (TPSA) is 21.3 Å². The second-order valence-corrected chi connectivity index (χ2v) is 3.53. The lowest BCUT2D eigenvalue weighted by Gasteiger charge is -2.27. The molecule has 0 atom stereocenters. The van der Waals surface area contributed by atoms with Gasteiger partial charge in [0.1, 0.15) is 5.82 Å². The van der Waals surface area contributed by atoms with E-state index < -0.39 is 0 Å². The van der Waals surface area contributed by atoms with E-state index in [-0.39, 0.29) is 5.82 Å². The molecule has 1 fully saturated rings. The molecule has 1 aliphatic heterocycles. The minimum atomic E-state index is -0.183. The molecule has 76 valence electrons. The average Bonchev–Trinajstić information content (AvgIpc) is 2.12. The maximum absolute atomic E-state index is 12.6. The van der Waals surface area contributed by atoms with Crippen molar-refractivity contribution in [2.24, 2.45) is 0 Å². The molecule has 1 aromatic rings. The van der Waals surface area contributed by atoms with Gasteiger partial charge in [-0.25, -0.2) is 4.39 Å². The summed E-state index contributed by atoms with van der Waals surface area (Å²) >= 11 is 0. The molecule has 0 amide bonds. The minimum absolute atomic E-state index is 0.183. The fraction of sp³-hybridized carbons (Fsp3) is 0.455. The van der Waals surface area contributed by atoms with Crippen molar-refractivity contribution in [1.82, 2.24) is 5.32 Å². The number of hydrogen-bond donors (Lipinski definition) is 1. The van der Waals surface area contributed by atoms with Crippen LogP contribution >= 0.6 is 0 Å². The Balaban J connectivity index is 1.71. The molecule has 0 bridgehead atoms. The quantitative estimate of drug-likeness (QED) is 0.783. The first-order valence-electron chi connectivity index (χ1n) is 4.91. The maximum atomic E-state index is 12.6. The highest BCUT2D eigenvalue weighted by Crippen LogP contribution is 2.05. The molecule has 2 nitrogen and oxygen atoms in total. The summed E-state index contributed by atoms with van der Waals surface area (Å²) < 4.78 is 18.1.